The number of aryl methyl sites for hydroxylation is 4. The minimum absolute atomic E-state index is 0.568. The summed E-state index contributed by atoms with van der Waals surface area (Å²) in [6, 6.07) is 8.97. The molecule has 0 radical (unpaired) electrons. The molecule has 0 amide bonds. The fraction of sp³-hybridized carbons (Fsp3) is 0.368. The third-order valence-electron chi connectivity index (χ3n) is 4.26. The zero-order valence-corrected chi connectivity index (χ0v) is 14.7. The molecule has 0 aromatic heterocycles. The van der Waals surface area contributed by atoms with Gasteiger partial charge in [-0.3, -0.25) is 0 Å². The summed E-state index contributed by atoms with van der Waals surface area (Å²) in [7, 11) is 0. The highest BCUT2D eigenvalue weighted by Crippen LogP contribution is 2.24. The maximum absolute atomic E-state index is 6.04. The Morgan fingerprint density at radius 2 is 0.905 bits per heavy atom. The van der Waals surface area contributed by atoms with Crippen molar-refractivity contribution in [2.24, 2.45) is 0 Å². The molecule has 0 fully saturated rings. The molecule has 0 aliphatic heterocycles. The van der Waals surface area contributed by atoms with Crippen LogP contribution < -0.4 is 0 Å². The summed E-state index contributed by atoms with van der Waals surface area (Å²) in [6.45, 7) is 8.59. The van der Waals surface area contributed by atoms with E-state index < -0.39 is 0 Å². The molecular weight excluding hydrogens is 299 g/mol. The highest BCUT2D eigenvalue weighted by molar-refractivity contribution is 6.17. The molecule has 0 nitrogen and oxygen atoms in total. The maximum Gasteiger partial charge on any atom is 0.0476 e. The number of halogens is 2. The maximum atomic E-state index is 6.04. The van der Waals surface area contributed by atoms with Crippen molar-refractivity contribution < 1.29 is 0 Å². The van der Waals surface area contributed by atoms with Gasteiger partial charge >= 0.3 is 0 Å². The molecule has 2 heteroatoms. The van der Waals surface area contributed by atoms with Crippen molar-refractivity contribution in [2.45, 2.75) is 45.9 Å². The fourth-order valence-electron chi connectivity index (χ4n) is 2.77. The van der Waals surface area contributed by atoms with Crippen molar-refractivity contribution in [1.82, 2.24) is 0 Å². The summed E-state index contributed by atoms with van der Waals surface area (Å²) < 4.78 is 0. The zero-order chi connectivity index (χ0) is 15.6. The van der Waals surface area contributed by atoms with Crippen molar-refractivity contribution in [1.29, 1.82) is 0 Å². The molecule has 0 aliphatic rings. The third kappa shape index (κ3) is 3.62. The van der Waals surface area contributed by atoms with Gasteiger partial charge in [-0.2, -0.15) is 0 Å². The van der Waals surface area contributed by atoms with Crippen LogP contribution in [0.1, 0.15) is 44.5 Å². The number of rotatable bonds is 4. The topological polar surface area (TPSA) is 0 Å². The lowest BCUT2D eigenvalue weighted by molar-refractivity contribution is 1.09. The molecule has 0 saturated heterocycles. The van der Waals surface area contributed by atoms with Crippen LogP contribution in [0.3, 0.4) is 0 Å². The average Bonchev–Trinajstić information content (AvgIpc) is 2.44. The Bertz CT molecular complexity index is 600. The van der Waals surface area contributed by atoms with E-state index in [9.17, 15) is 0 Å². The first-order valence-electron chi connectivity index (χ1n) is 7.26. The van der Waals surface area contributed by atoms with Crippen LogP contribution in [0.4, 0.5) is 0 Å². The Balaban J connectivity index is 2.42. The zero-order valence-electron chi connectivity index (χ0n) is 13.2. The van der Waals surface area contributed by atoms with E-state index in [0.717, 1.165) is 6.42 Å². The van der Waals surface area contributed by atoms with Gasteiger partial charge in [0.25, 0.3) is 0 Å². The monoisotopic (exact) mass is 320 g/mol. The summed E-state index contributed by atoms with van der Waals surface area (Å²) >= 11 is 12.1. The van der Waals surface area contributed by atoms with Gasteiger partial charge < -0.3 is 0 Å². The molecule has 0 aliphatic carbocycles. The number of alkyl halides is 2. The van der Waals surface area contributed by atoms with Gasteiger partial charge in [-0.15, -0.1) is 23.2 Å². The van der Waals surface area contributed by atoms with Gasteiger partial charge in [-0.05, 0) is 78.6 Å². The van der Waals surface area contributed by atoms with E-state index in [4.69, 9.17) is 23.2 Å². The largest absolute Gasteiger partial charge is 0.122 e. The Morgan fingerprint density at radius 3 is 1.24 bits per heavy atom. The van der Waals surface area contributed by atoms with E-state index in [1.54, 1.807) is 0 Å². The lowest BCUT2D eigenvalue weighted by atomic mass is 9.92. The molecule has 2 rings (SSSR count). The molecule has 0 heterocycles. The first-order valence-corrected chi connectivity index (χ1v) is 8.33. The molecule has 0 unspecified atom stereocenters. The van der Waals surface area contributed by atoms with Crippen molar-refractivity contribution in [3.63, 3.8) is 0 Å². The summed E-state index contributed by atoms with van der Waals surface area (Å²) in [5, 5.41) is 0. The molecule has 0 bridgehead atoms. The minimum atomic E-state index is 0.568. The van der Waals surface area contributed by atoms with Crippen LogP contribution in [0.2, 0.25) is 0 Å². The molecule has 2 aromatic carbocycles. The molecule has 21 heavy (non-hydrogen) atoms. The highest BCUT2D eigenvalue weighted by atomic mass is 35.5. The molecule has 0 spiro atoms. The smallest absolute Gasteiger partial charge is 0.0476 e. The van der Waals surface area contributed by atoms with Gasteiger partial charge in [-0.25, -0.2) is 0 Å². The van der Waals surface area contributed by atoms with E-state index in [0.29, 0.717) is 11.8 Å². The summed E-state index contributed by atoms with van der Waals surface area (Å²) in [5.74, 6) is 1.14. The number of benzene rings is 2. The van der Waals surface area contributed by atoms with Crippen molar-refractivity contribution in [3.8, 4) is 0 Å². The highest BCUT2D eigenvalue weighted by Gasteiger charge is 2.09. The Morgan fingerprint density at radius 1 is 0.571 bits per heavy atom. The lowest BCUT2D eigenvalue weighted by Gasteiger charge is -2.14. The molecule has 0 saturated carbocycles. The molecule has 0 atom stereocenters. The van der Waals surface area contributed by atoms with Gasteiger partial charge in [0.15, 0.2) is 0 Å². The van der Waals surface area contributed by atoms with E-state index in [1.165, 1.54) is 44.5 Å². The Hall–Kier alpha value is -0.980. The summed E-state index contributed by atoms with van der Waals surface area (Å²) in [6.07, 6.45) is 0.937. The summed E-state index contributed by atoms with van der Waals surface area (Å²) in [4.78, 5) is 0. The predicted octanol–water partition coefficient (Wildman–Crippen LogP) is 5.99. The molecule has 112 valence electrons. The molecule has 0 N–H and O–H groups in total. The average molecular weight is 321 g/mol. The SMILES string of the molecule is Cc1cc(C)c(Cc2cc(CCl)c(C)cc2C)cc1CCl. The van der Waals surface area contributed by atoms with Crippen molar-refractivity contribution in [3.05, 3.63) is 68.8 Å². The van der Waals surface area contributed by atoms with E-state index >= 15 is 0 Å². The van der Waals surface area contributed by atoms with Gasteiger partial charge in [0.2, 0.25) is 0 Å². The second-order valence-corrected chi connectivity index (χ2v) is 6.39. The Kier molecular flexibility index (Phi) is 5.35. The van der Waals surface area contributed by atoms with Crippen LogP contribution in [0.25, 0.3) is 0 Å². The number of hydrogen-bond acceptors (Lipinski definition) is 0. The fourth-order valence-corrected chi connectivity index (χ4v) is 3.35. The molecular formula is C19H22Cl2. The third-order valence-corrected chi connectivity index (χ3v) is 4.83. The standard InChI is InChI=1S/C19H22Cl2/c1-12-5-14(3)18(10-20)8-16(12)7-17-9-19(11-21)15(4)6-13(17)2/h5-6,8-9H,7,10-11H2,1-4H3. The van der Waals surface area contributed by atoms with Crippen LogP contribution in [0, 0.1) is 27.7 Å². The van der Waals surface area contributed by atoms with Gasteiger partial charge in [-0.1, -0.05) is 24.3 Å². The quantitative estimate of drug-likeness (QED) is 0.607. The van der Waals surface area contributed by atoms with Crippen LogP contribution in [0.5, 0.6) is 0 Å². The first-order chi connectivity index (χ1) is 9.96. The van der Waals surface area contributed by atoms with Gasteiger partial charge in [0.1, 0.15) is 0 Å². The van der Waals surface area contributed by atoms with E-state index in [2.05, 4.69) is 52.0 Å². The number of hydrogen-bond donors (Lipinski definition) is 0. The lowest BCUT2D eigenvalue weighted by Crippen LogP contribution is -2.00. The molecule has 2 aromatic rings. The second-order valence-electron chi connectivity index (χ2n) is 5.85. The van der Waals surface area contributed by atoms with Crippen LogP contribution >= 0.6 is 23.2 Å². The van der Waals surface area contributed by atoms with Crippen LogP contribution in [0.15, 0.2) is 24.3 Å². The van der Waals surface area contributed by atoms with E-state index in [-0.39, 0.29) is 0 Å². The van der Waals surface area contributed by atoms with Gasteiger partial charge in [0, 0.05) is 11.8 Å². The van der Waals surface area contributed by atoms with Crippen molar-refractivity contribution >= 4 is 23.2 Å². The predicted molar refractivity (Wildman–Crippen MR) is 93.8 cm³/mol. The van der Waals surface area contributed by atoms with Crippen LogP contribution in [-0.4, -0.2) is 0 Å². The second kappa shape index (κ2) is 6.85. The van der Waals surface area contributed by atoms with Crippen LogP contribution in [-0.2, 0) is 18.2 Å². The van der Waals surface area contributed by atoms with Gasteiger partial charge in [0.05, 0.1) is 0 Å². The minimum Gasteiger partial charge on any atom is -0.122 e. The summed E-state index contributed by atoms with van der Waals surface area (Å²) in [5.41, 5.74) is 10.3. The van der Waals surface area contributed by atoms with E-state index in [1.807, 2.05) is 0 Å². The van der Waals surface area contributed by atoms with Crippen molar-refractivity contribution in [2.75, 3.05) is 0 Å². The first kappa shape index (κ1) is 16.4. The normalized spacial score (nSPS) is 11.0. The Labute approximate surface area is 138 Å².